The van der Waals surface area contributed by atoms with Crippen molar-refractivity contribution in [2.45, 2.75) is 46.5 Å². The molecule has 0 saturated carbocycles. The molecule has 0 aliphatic carbocycles. The standard InChI is InChI=1S/C11H23NO2/c1-4-5-6-11(8-12,10(13)14)7-9(2)3/h9H,4-8,12H2,1-3H3,(H,13,14). The van der Waals surface area contributed by atoms with Crippen LogP contribution in [-0.4, -0.2) is 17.6 Å². The van der Waals surface area contributed by atoms with E-state index < -0.39 is 11.4 Å². The maximum atomic E-state index is 11.2. The van der Waals surface area contributed by atoms with Gasteiger partial charge in [-0.05, 0) is 18.8 Å². The van der Waals surface area contributed by atoms with Crippen molar-refractivity contribution in [3.05, 3.63) is 0 Å². The number of aliphatic carboxylic acids is 1. The number of carboxylic acid groups (broad SMARTS) is 1. The van der Waals surface area contributed by atoms with Crippen LogP contribution in [0.2, 0.25) is 0 Å². The first-order chi connectivity index (χ1) is 6.48. The molecule has 3 nitrogen and oxygen atoms in total. The van der Waals surface area contributed by atoms with Gasteiger partial charge in [0.1, 0.15) is 0 Å². The molecule has 0 saturated heterocycles. The molecule has 14 heavy (non-hydrogen) atoms. The molecule has 0 rings (SSSR count). The van der Waals surface area contributed by atoms with Crippen molar-refractivity contribution in [2.24, 2.45) is 17.1 Å². The minimum absolute atomic E-state index is 0.251. The molecule has 0 radical (unpaired) electrons. The summed E-state index contributed by atoms with van der Waals surface area (Å²) in [4.78, 5) is 11.2. The average molecular weight is 201 g/mol. The van der Waals surface area contributed by atoms with Crippen LogP contribution >= 0.6 is 0 Å². The van der Waals surface area contributed by atoms with E-state index in [2.05, 4.69) is 6.92 Å². The molecule has 84 valence electrons. The van der Waals surface area contributed by atoms with Crippen LogP contribution in [0.4, 0.5) is 0 Å². The van der Waals surface area contributed by atoms with Crippen molar-refractivity contribution in [2.75, 3.05) is 6.54 Å². The summed E-state index contributed by atoms with van der Waals surface area (Å²) in [5, 5.41) is 9.22. The molecule has 0 aromatic rings. The van der Waals surface area contributed by atoms with Gasteiger partial charge in [-0.3, -0.25) is 4.79 Å². The number of nitrogens with two attached hydrogens (primary N) is 1. The third-order valence-electron chi connectivity index (χ3n) is 2.65. The van der Waals surface area contributed by atoms with Crippen LogP contribution in [0.3, 0.4) is 0 Å². The van der Waals surface area contributed by atoms with E-state index in [1.54, 1.807) is 0 Å². The SMILES string of the molecule is CCCCC(CN)(CC(C)C)C(=O)O. The predicted molar refractivity (Wildman–Crippen MR) is 58.1 cm³/mol. The summed E-state index contributed by atoms with van der Waals surface area (Å²) >= 11 is 0. The number of carbonyl (C=O) groups is 1. The minimum atomic E-state index is -0.734. The highest BCUT2D eigenvalue weighted by Gasteiger charge is 2.36. The average Bonchev–Trinajstić information content (AvgIpc) is 2.11. The highest BCUT2D eigenvalue weighted by atomic mass is 16.4. The summed E-state index contributed by atoms with van der Waals surface area (Å²) in [6.45, 7) is 6.40. The van der Waals surface area contributed by atoms with Gasteiger partial charge in [0.2, 0.25) is 0 Å². The molecule has 0 aliphatic rings. The van der Waals surface area contributed by atoms with Crippen LogP contribution in [0.1, 0.15) is 46.5 Å². The summed E-state index contributed by atoms with van der Waals surface area (Å²) < 4.78 is 0. The Labute approximate surface area is 86.7 Å². The van der Waals surface area contributed by atoms with E-state index in [0.717, 1.165) is 12.8 Å². The Hall–Kier alpha value is -0.570. The molecule has 0 aromatic heterocycles. The summed E-state index contributed by atoms with van der Waals surface area (Å²) in [5.41, 5.74) is 4.93. The predicted octanol–water partition coefficient (Wildman–Crippen LogP) is 2.25. The third-order valence-corrected chi connectivity index (χ3v) is 2.65. The molecule has 3 heteroatoms. The highest BCUT2D eigenvalue weighted by Crippen LogP contribution is 2.31. The van der Waals surface area contributed by atoms with Crippen LogP contribution in [0, 0.1) is 11.3 Å². The molecular weight excluding hydrogens is 178 g/mol. The second-order valence-corrected chi connectivity index (χ2v) is 4.49. The van der Waals surface area contributed by atoms with Gasteiger partial charge in [0.25, 0.3) is 0 Å². The zero-order valence-electron chi connectivity index (χ0n) is 9.55. The van der Waals surface area contributed by atoms with Crippen molar-refractivity contribution in [3.63, 3.8) is 0 Å². The van der Waals surface area contributed by atoms with E-state index in [1.807, 2.05) is 13.8 Å². The van der Waals surface area contributed by atoms with Crippen LogP contribution in [0.5, 0.6) is 0 Å². The van der Waals surface area contributed by atoms with Gasteiger partial charge >= 0.3 is 5.97 Å². The van der Waals surface area contributed by atoms with Gasteiger partial charge in [-0.15, -0.1) is 0 Å². The van der Waals surface area contributed by atoms with Crippen molar-refractivity contribution < 1.29 is 9.90 Å². The normalized spacial score (nSPS) is 15.5. The number of unbranched alkanes of at least 4 members (excludes halogenated alkanes) is 1. The first-order valence-electron chi connectivity index (χ1n) is 5.42. The lowest BCUT2D eigenvalue weighted by atomic mass is 9.76. The van der Waals surface area contributed by atoms with Crippen molar-refractivity contribution in [1.29, 1.82) is 0 Å². The number of hydrogen-bond donors (Lipinski definition) is 2. The molecule has 0 fully saturated rings. The Kier molecular flexibility index (Phi) is 5.77. The summed E-state index contributed by atoms with van der Waals surface area (Å²) in [6, 6.07) is 0. The van der Waals surface area contributed by atoms with Gasteiger partial charge in [0.15, 0.2) is 0 Å². The lowest BCUT2D eigenvalue weighted by Gasteiger charge is -2.29. The van der Waals surface area contributed by atoms with E-state index in [4.69, 9.17) is 5.73 Å². The Bertz CT molecular complexity index is 180. The number of hydrogen-bond acceptors (Lipinski definition) is 2. The summed E-state index contributed by atoms with van der Waals surface area (Å²) in [5.74, 6) is -0.353. The van der Waals surface area contributed by atoms with Crippen LogP contribution in [0.25, 0.3) is 0 Å². The van der Waals surface area contributed by atoms with Gasteiger partial charge in [0.05, 0.1) is 5.41 Å². The maximum absolute atomic E-state index is 11.2. The van der Waals surface area contributed by atoms with Crippen molar-refractivity contribution in [1.82, 2.24) is 0 Å². The lowest BCUT2D eigenvalue weighted by Crippen LogP contribution is -2.39. The molecular formula is C11H23NO2. The van der Waals surface area contributed by atoms with E-state index in [1.165, 1.54) is 0 Å². The summed E-state index contributed by atoms with van der Waals surface area (Å²) in [7, 11) is 0. The molecule has 1 atom stereocenters. The Morgan fingerprint density at radius 1 is 1.50 bits per heavy atom. The van der Waals surface area contributed by atoms with Gasteiger partial charge in [-0.1, -0.05) is 33.6 Å². The van der Waals surface area contributed by atoms with E-state index in [9.17, 15) is 9.90 Å². The van der Waals surface area contributed by atoms with Gasteiger partial charge in [0, 0.05) is 6.54 Å². The Morgan fingerprint density at radius 3 is 2.36 bits per heavy atom. The second-order valence-electron chi connectivity index (χ2n) is 4.49. The third kappa shape index (κ3) is 3.66. The monoisotopic (exact) mass is 201 g/mol. The first kappa shape index (κ1) is 13.4. The largest absolute Gasteiger partial charge is 0.481 e. The topological polar surface area (TPSA) is 63.3 Å². The van der Waals surface area contributed by atoms with Crippen molar-refractivity contribution >= 4 is 5.97 Å². The van der Waals surface area contributed by atoms with Gasteiger partial charge in [-0.2, -0.15) is 0 Å². The number of carboxylic acids is 1. The molecule has 0 aromatic carbocycles. The van der Waals surface area contributed by atoms with Crippen LogP contribution in [0.15, 0.2) is 0 Å². The second kappa shape index (κ2) is 6.02. The Balaban J connectivity index is 4.51. The Morgan fingerprint density at radius 2 is 2.07 bits per heavy atom. The summed E-state index contributed by atoms with van der Waals surface area (Å²) in [6.07, 6.45) is 3.34. The fourth-order valence-electron chi connectivity index (χ4n) is 1.87. The van der Waals surface area contributed by atoms with E-state index in [-0.39, 0.29) is 6.54 Å². The maximum Gasteiger partial charge on any atom is 0.310 e. The van der Waals surface area contributed by atoms with E-state index >= 15 is 0 Å². The quantitative estimate of drug-likeness (QED) is 0.664. The molecule has 0 bridgehead atoms. The fourth-order valence-corrected chi connectivity index (χ4v) is 1.87. The smallest absolute Gasteiger partial charge is 0.310 e. The van der Waals surface area contributed by atoms with Gasteiger partial charge < -0.3 is 10.8 Å². The highest BCUT2D eigenvalue weighted by molar-refractivity contribution is 5.74. The first-order valence-corrected chi connectivity index (χ1v) is 5.42. The molecule has 0 aliphatic heterocycles. The van der Waals surface area contributed by atoms with Crippen LogP contribution in [-0.2, 0) is 4.79 Å². The number of rotatable bonds is 7. The van der Waals surface area contributed by atoms with Gasteiger partial charge in [-0.25, -0.2) is 0 Å². The molecule has 0 spiro atoms. The lowest BCUT2D eigenvalue weighted by molar-refractivity contribution is -0.150. The molecule has 3 N–H and O–H groups in total. The molecule has 0 amide bonds. The van der Waals surface area contributed by atoms with Crippen molar-refractivity contribution in [3.8, 4) is 0 Å². The minimum Gasteiger partial charge on any atom is -0.481 e. The molecule has 1 unspecified atom stereocenters. The van der Waals surface area contributed by atoms with E-state index in [0.29, 0.717) is 18.8 Å². The fraction of sp³-hybridized carbons (Fsp3) is 0.909. The molecule has 0 heterocycles. The zero-order chi connectivity index (χ0) is 11.2. The van der Waals surface area contributed by atoms with Crippen LogP contribution < -0.4 is 5.73 Å². The zero-order valence-corrected chi connectivity index (χ0v) is 9.55.